The lowest BCUT2D eigenvalue weighted by Gasteiger charge is -2.15. The molecule has 2 aromatic rings. The van der Waals surface area contributed by atoms with Crippen molar-refractivity contribution in [1.29, 1.82) is 5.26 Å². The van der Waals surface area contributed by atoms with Gasteiger partial charge in [0.1, 0.15) is 11.5 Å². The highest BCUT2D eigenvalue weighted by Gasteiger charge is 2.15. The maximum absolute atomic E-state index is 12.1. The van der Waals surface area contributed by atoms with E-state index in [1.54, 1.807) is 38.3 Å². The summed E-state index contributed by atoms with van der Waals surface area (Å²) < 4.78 is 10.8. The Morgan fingerprint density at radius 2 is 2.04 bits per heavy atom. The molecule has 1 amide bonds. The van der Waals surface area contributed by atoms with Crippen LogP contribution in [0.2, 0.25) is 0 Å². The van der Waals surface area contributed by atoms with Gasteiger partial charge in [-0.15, -0.1) is 0 Å². The highest BCUT2D eigenvalue weighted by Crippen LogP contribution is 2.17. The van der Waals surface area contributed by atoms with E-state index in [-0.39, 0.29) is 5.91 Å². The number of para-hydroxylation sites is 1. The van der Waals surface area contributed by atoms with Gasteiger partial charge >= 0.3 is 0 Å². The molecular weight excluding hydrogens is 292 g/mol. The van der Waals surface area contributed by atoms with E-state index in [2.05, 4.69) is 5.32 Å². The van der Waals surface area contributed by atoms with Gasteiger partial charge in [0, 0.05) is 12.1 Å². The number of carbonyl (C=O) groups is 1. The Hall–Kier alpha value is -3.00. The summed E-state index contributed by atoms with van der Waals surface area (Å²) in [5.74, 6) is 0.977. The summed E-state index contributed by atoms with van der Waals surface area (Å²) in [5, 5.41) is 11.7. The third-order valence-electron chi connectivity index (χ3n) is 3.29. The molecule has 2 aromatic carbocycles. The Kier molecular flexibility index (Phi) is 5.59. The zero-order chi connectivity index (χ0) is 16.7. The molecule has 1 N–H and O–H groups in total. The second-order valence-corrected chi connectivity index (χ2v) is 4.93. The third kappa shape index (κ3) is 4.48. The quantitative estimate of drug-likeness (QED) is 0.890. The summed E-state index contributed by atoms with van der Waals surface area (Å²) in [5.41, 5.74) is 1.38. The molecule has 0 fully saturated rings. The lowest BCUT2D eigenvalue weighted by atomic mass is 10.2. The van der Waals surface area contributed by atoms with Crippen LogP contribution in [0.15, 0.2) is 48.5 Å². The average molecular weight is 310 g/mol. The Labute approximate surface area is 135 Å². The smallest absolute Gasteiger partial charge is 0.261 e. The normalized spacial score (nSPS) is 11.2. The van der Waals surface area contributed by atoms with Crippen LogP contribution >= 0.6 is 0 Å². The Balaban J connectivity index is 1.93. The lowest BCUT2D eigenvalue weighted by molar-refractivity contribution is -0.127. The molecule has 0 bridgehead atoms. The molecule has 2 rings (SSSR count). The van der Waals surface area contributed by atoms with Crippen LogP contribution in [0.25, 0.3) is 0 Å². The number of nitriles is 1. The molecule has 1 atom stereocenters. The molecule has 0 heterocycles. The number of carbonyl (C=O) groups excluding carboxylic acids is 1. The molecule has 5 heteroatoms. The van der Waals surface area contributed by atoms with Crippen LogP contribution in [0.1, 0.15) is 18.1 Å². The van der Waals surface area contributed by atoms with Gasteiger partial charge in [0.25, 0.3) is 5.91 Å². The van der Waals surface area contributed by atoms with E-state index in [9.17, 15) is 4.79 Å². The number of hydrogen-bond donors (Lipinski definition) is 1. The zero-order valence-corrected chi connectivity index (χ0v) is 13.1. The number of nitrogens with zero attached hydrogens (tertiary/aromatic N) is 1. The van der Waals surface area contributed by atoms with Crippen LogP contribution in [0.4, 0.5) is 0 Å². The van der Waals surface area contributed by atoms with Crippen LogP contribution < -0.4 is 14.8 Å². The van der Waals surface area contributed by atoms with Gasteiger partial charge in [-0.1, -0.05) is 24.3 Å². The number of hydrogen-bond acceptors (Lipinski definition) is 4. The molecule has 0 aromatic heterocycles. The van der Waals surface area contributed by atoms with Crippen LogP contribution in [-0.4, -0.2) is 19.1 Å². The molecule has 23 heavy (non-hydrogen) atoms. The van der Waals surface area contributed by atoms with Gasteiger partial charge in [-0.05, 0) is 31.2 Å². The standard InChI is InChI=1S/C18H18N2O3/c1-13(23-16-8-5-6-14(10-16)11-19)18(21)20-12-15-7-3-4-9-17(15)22-2/h3-10,13H,12H2,1-2H3,(H,20,21)/t13-/m1/s1. The summed E-state index contributed by atoms with van der Waals surface area (Å²) in [6, 6.07) is 16.2. The summed E-state index contributed by atoms with van der Waals surface area (Å²) in [6.45, 7) is 2.02. The Morgan fingerprint density at radius 3 is 2.78 bits per heavy atom. The van der Waals surface area contributed by atoms with E-state index in [1.165, 1.54) is 0 Å². The van der Waals surface area contributed by atoms with Gasteiger partial charge in [-0.3, -0.25) is 4.79 Å². The fourth-order valence-electron chi connectivity index (χ4n) is 2.07. The van der Waals surface area contributed by atoms with Crippen molar-refractivity contribution in [3.05, 3.63) is 59.7 Å². The van der Waals surface area contributed by atoms with Gasteiger partial charge in [0.15, 0.2) is 6.10 Å². The monoisotopic (exact) mass is 310 g/mol. The highest BCUT2D eigenvalue weighted by atomic mass is 16.5. The van der Waals surface area contributed by atoms with E-state index < -0.39 is 6.10 Å². The van der Waals surface area contributed by atoms with Crippen molar-refractivity contribution in [3.63, 3.8) is 0 Å². The van der Waals surface area contributed by atoms with Gasteiger partial charge in [0.05, 0.1) is 18.7 Å². The van der Waals surface area contributed by atoms with Gasteiger partial charge in [0.2, 0.25) is 0 Å². The molecule has 5 nitrogen and oxygen atoms in total. The first-order valence-corrected chi connectivity index (χ1v) is 7.20. The molecule has 0 spiro atoms. The van der Waals surface area contributed by atoms with Crippen molar-refractivity contribution in [1.82, 2.24) is 5.32 Å². The minimum absolute atomic E-state index is 0.238. The number of nitrogens with one attached hydrogen (secondary N) is 1. The van der Waals surface area contributed by atoms with E-state index in [1.807, 2.05) is 30.3 Å². The van der Waals surface area contributed by atoms with Crippen molar-refractivity contribution in [2.45, 2.75) is 19.6 Å². The topological polar surface area (TPSA) is 71.3 Å². The largest absolute Gasteiger partial charge is 0.496 e. The number of rotatable bonds is 6. The first-order chi connectivity index (χ1) is 11.1. The lowest BCUT2D eigenvalue weighted by Crippen LogP contribution is -2.36. The van der Waals surface area contributed by atoms with Gasteiger partial charge < -0.3 is 14.8 Å². The fraction of sp³-hybridized carbons (Fsp3) is 0.222. The molecule has 0 saturated heterocycles. The minimum Gasteiger partial charge on any atom is -0.496 e. The zero-order valence-electron chi connectivity index (χ0n) is 13.1. The van der Waals surface area contributed by atoms with Crippen molar-refractivity contribution >= 4 is 5.91 Å². The maximum Gasteiger partial charge on any atom is 0.261 e. The van der Waals surface area contributed by atoms with Crippen molar-refractivity contribution in [3.8, 4) is 17.6 Å². The van der Waals surface area contributed by atoms with Crippen LogP contribution in [0.5, 0.6) is 11.5 Å². The van der Waals surface area contributed by atoms with Crippen molar-refractivity contribution in [2.75, 3.05) is 7.11 Å². The molecule has 118 valence electrons. The number of benzene rings is 2. The first kappa shape index (κ1) is 16.4. The number of amides is 1. The highest BCUT2D eigenvalue weighted by molar-refractivity contribution is 5.80. The van der Waals surface area contributed by atoms with E-state index >= 15 is 0 Å². The molecule has 0 aliphatic rings. The van der Waals surface area contributed by atoms with Gasteiger partial charge in [-0.25, -0.2) is 0 Å². The maximum atomic E-state index is 12.1. The summed E-state index contributed by atoms with van der Waals surface area (Å²) in [7, 11) is 1.59. The Bertz CT molecular complexity index is 722. The molecule has 0 unspecified atom stereocenters. The summed E-state index contributed by atoms with van der Waals surface area (Å²) >= 11 is 0. The molecule has 0 saturated carbocycles. The fourth-order valence-corrected chi connectivity index (χ4v) is 2.07. The van der Waals surface area contributed by atoms with Crippen LogP contribution in [-0.2, 0) is 11.3 Å². The minimum atomic E-state index is -0.668. The second-order valence-electron chi connectivity index (χ2n) is 4.93. The SMILES string of the molecule is COc1ccccc1CNC(=O)[C@@H](C)Oc1cccc(C#N)c1. The van der Waals surface area contributed by atoms with Crippen LogP contribution in [0, 0.1) is 11.3 Å². The average Bonchev–Trinajstić information content (AvgIpc) is 2.59. The summed E-state index contributed by atoms with van der Waals surface area (Å²) in [4.78, 5) is 12.1. The first-order valence-electron chi connectivity index (χ1n) is 7.20. The summed E-state index contributed by atoms with van der Waals surface area (Å²) in [6.07, 6.45) is -0.668. The van der Waals surface area contributed by atoms with Crippen molar-refractivity contribution in [2.24, 2.45) is 0 Å². The van der Waals surface area contributed by atoms with E-state index in [0.717, 1.165) is 11.3 Å². The number of methoxy groups -OCH3 is 1. The van der Waals surface area contributed by atoms with E-state index in [0.29, 0.717) is 17.9 Å². The predicted octanol–water partition coefficient (Wildman–Crippen LogP) is 2.65. The molecule has 0 radical (unpaired) electrons. The van der Waals surface area contributed by atoms with Gasteiger partial charge in [-0.2, -0.15) is 5.26 Å². The van der Waals surface area contributed by atoms with E-state index in [4.69, 9.17) is 14.7 Å². The second kappa shape index (κ2) is 7.85. The number of ether oxygens (including phenoxy) is 2. The molecular formula is C18H18N2O3. The van der Waals surface area contributed by atoms with Crippen LogP contribution in [0.3, 0.4) is 0 Å². The predicted molar refractivity (Wildman–Crippen MR) is 86.1 cm³/mol. The Morgan fingerprint density at radius 1 is 1.26 bits per heavy atom. The molecule has 0 aliphatic heterocycles. The third-order valence-corrected chi connectivity index (χ3v) is 3.29. The molecule has 0 aliphatic carbocycles. The van der Waals surface area contributed by atoms with Crippen molar-refractivity contribution < 1.29 is 14.3 Å².